The number of hydrogen-bond donors (Lipinski definition) is 2. The molecule has 0 atom stereocenters. The molecule has 2 aromatic carbocycles. The molecule has 7 nitrogen and oxygen atoms in total. The van der Waals surface area contributed by atoms with Crippen molar-refractivity contribution < 1.29 is 4.79 Å². The summed E-state index contributed by atoms with van der Waals surface area (Å²) in [5.41, 5.74) is 8.82. The van der Waals surface area contributed by atoms with E-state index in [9.17, 15) is 4.79 Å². The van der Waals surface area contributed by atoms with Crippen LogP contribution in [0, 0.1) is 0 Å². The summed E-state index contributed by atoms with van der Waals surface area (Å²) in [5.74, 6) is 1.89. The average molecular weight is 409 g/mol. The molecule has 29 heavy (non-hydrogen) atoms. The molecule has 3 N–H and O–H groups in total. The summed E-state index contributed by atoms with van der Waals surface area (Å²) in [5, 5.41) is 3.22. The van der Waals surface area contributed by atoms with Crippen molar-refractivity contribution >= 4 is 40.9 Å². The first-order chi connectivity index (χ1) is 14.1. The van der Waals surface area contributed by atoms with Gasteiger partial charge in [0.25, 0.3) is 0 Å². The molecule has 0 saturated heterocycles. The molecular weight excluding hydrogens is 384 g/mol. The molecule has 0 spiro atoms. The zero-order valence-corrected chi connectivity index (χ0v) is 17.3. The lowest BCUT2D eigenvalue weighted by Gasteiger charge is -2.16. The minimum absolute atomic E-state index is 0.0125. The Kier molecular flexibility index (Phi) is 7.02. The molecule has 1 heterocycles. The van der Waals surface area contributed by atoms with Crippen LogP contribution in [-0.4, -0.2) is 33.7 Å². The number of nitrogens with one attached hydrogen (secondary N) is 1. The van der Waals surface area contributed by atoms with Crippen LogP contribution in [0.25, 0.3) is 0 Å². The van der Waals surface area contributed by atoms with Gasteiger partial charge in [0.15, 0.2) is 0 Å². The van der Waals surface area contributed by atoms with Gasteiger partial charge in [-0.15, -0.1) is 11.8 Å². The van der Waals surface area contributed by atoms with Crippen molar-refractivity contribution in [1.82, 2.24) is 15.0 Å². The maximum Gasteiger partial charge on any atom is 0.236 e. The fraction of sp³-hybridized carbons (Fsp3) is 0.238. The third-order valence-corrected chi connectivity index (χ3v) is 5.23. The van der Waals surface area contributed by atoms with Gasteiger partial charge in [0, 0.05) is 18.4 Å². The van der Waals surface area contributed by atoms with E-state index in [1.165, 1.54) is 11.8 Å². The van der Waals surface area contributed by atoms with Crippen LogP contribution in [-0.2, 0) is 17.0 Å². The summed E-state index contributed by atoms with van der Waals surface area (Å²) >= 11 is 1.44. The molecule has 0 bridgehead atoms. The zero-order valence-electron chi connectivity index (χ0n) is 16.5. The van der Waals surface area contributed by atoms with Crippen molar-refractivity contribution in [2.24, 2.45) is 0 Å². The van der Waals surface area contributed by atoms with E-state index in [4.69, 9.17) is 5.73 Å². The Bertz CT molecular complexity index is 966. The Labute approximate surface area is 174 Å². The molecule has 3 aromatic rings. The third-order valence-electron chi connectivity index (χ3n) is 4.32. The lowest BCUT2D eigenvalue weighted by Crippen LogP contribution is -2.27. The molecule has 0 fully saturated rings. The number of carbonyl (C=O) groups is 1. The lowest BCUT2D eigenvalue weighted by atomic mass is 10.1. The summed E-state index contributed by atoms with van der Waals surface area (Å²) in [7, 11) is 1.77. The standard InChI is InChI=1S/C21H24N6OS/c1-3-15-9-7-8-12-17(15)23-21-25-18(24-20(22)26-21)13-29-14-19(28)27(2)16-10-5-4-6-11-16/h4-12H,3,13-14H2,1-2H3,(H3,22,23,24,25,26). The number of carbonyl (C=O) groups excluding carboxylic acids is 1. The Morgan fingerprint density at radius 1 is 1.07 bits per heavy atom. The van der Waals surface area contributed by atoms with E-state index in [-0.39, 0.29) is 11.9 Å². The number of rotatable bonds is 8. The number of para-hydroxylation sites is 2. The first kappa shape index (κ1) is 20.6. The van der Waals surface area contributed by atoms with Crippen molar-refractivity contribution in [2.45, 2.75) is 19.1 Å². The van der Waals surface area contributed by atoms with Gasteiger partial charge in [0.1, 0.15) is 5.82 Å². The second kappa shape index (κ2) is 9.88. The maximum absolute atomic E-state index is 12.4. The third kappa shape index (κ3) is 5.68. The Hall–Kier alpha value is -3.13. The molecule has 0 aliphatic carbocycles. The summed E-state index contributed by atoms with van der Waals surface area (Å²) in [4.78, 5) is 26.8. The highest BCUT2D eigenvalue weighted by Gasteiger charge is 2.12. The molecule has 0 aliphatic heterocycles. The van der Waals surface area contributed by atoms with Gasteiger partial charge in [-0.05, 0) is 30.2 Å². The minimum Gasteiger partial charge on any atom is -0.368 e. The molecule has 0 saturated carbocycles. The van der Waals surface area contributed by atoms with Crippen LogP contribution < -0.4 is 16.0 Å². The van der Waals surface area contributed by atoms with E-state index < -0.39 is 0 Å². The second-order valence-electron chi connectivity index (χ2n) is 6.35. The van der Waals surface area contributed by atoms with Crippen molar-refractivity contribution in [1.29, 1.82) is 0 Å². The number of nitrogens with two attached hydrogens (primary N) is 1. The van der Waals surface area contributed by atoms with Crippen molar-refractivity contribution in [3.05, 3.63) is 66.0 Å². The first-order valence-corrected chi connectivity index (χ1v) is 10.5. The van der Waals surface area contributed by atoms with Gasteiger partial charge in [-0.3, -0.25) is 4.79 Å². The molecule has 0 aliphatic rings. The van der Waals surface area contributed by atoms with Crippen molar-refractivity contribution in [3.8, 4) is 0 Å². The molecule has 1 amide bonds. The number of amides is 1. The number of aryl methyl sites for hydroxylation is 1. The predicted molar refractivity (Wildman–Crippen MR) is 119 cm³/mol. The fourth-order valence-corrected chi connectivity index (χ4v) is 3.53. The zero-order chi connectivity index (χ0) is 20.6. The molecule has 0 radical (unpaired) electrons. The highest BCUT2D eigenvalue weighted by Crippen LogP contribution is 2.20. The van der Waals surface area contributed by atoms with Crippen LogP contribution >= 0.6 is 11.8 Å². The van der Waals surface area contributed by atoms with Crippen LogP contribution in [0.5, 0.6) is 0 Å². The number of nitrogens with zero attached hydrogens (tertiary/aromatic N) is 4. The molecule has 3 rings (SSSR count). The van der Waals surface area contributed by atoms with Crippen LogP contribution in [0.3, 0.4) is 0 Å². The molecule has 150 valence electrons. The van der Waals surface area contributed by atoms with Crippen molar-refractivity contribution in [3.63, 3.8) is 0 Å². The van der Waals surface area contributed by atoms with Crippen LogP contribution in [0.4, 0.5) is 23.3 Å². The number of thioether (sulfide) groups is 1. The topological polar surface area (TPSA) is 97.0 Å². The van der Waals surface area contributed by atoms with Gasteiger partial charge in [-0.1, -0.05) is 43.3 Å². The highest BCUT2D eigenvalue weighted by atomic mass is 32.2. The Balaban J connectivity index is 1.61. The van der Waals surface area contributed by atoms with Gasteiger partial charge in [-0.2, -0.15) is 15.0 Å². The Morgan fingerprint density at radius 2 is 1.79 bits per heavy atom. The van der Waals surface area contributed by atoms with Crippen LogP contribution in [0.15, 0.2) is 54.6 Å². The molecule has 8 heteroatoms. The van der Waals surface area contributed by atoms with E-state index >= 15 is 0 Å². The van der Waals surface area contributed by atoms with Crippen molar-refractivity contribution in [2.75, 3.05) is 28.8 Å². The fourth-order valence-electron chi connectivity index (χ4n) is 2.75. The second-order valence-corrected chi connectivity index (χ2v) is 7.34. The maximum atomic E-state index is 12.4. The quantitative estimate of drug-likeness (QED) is 0.587. The van der Waals surface area contributed by atoms with Crippen LogP contribution in [0.2, 0.25) is 0 Å². The number of anilines is 4. The molecular formula is C21H24N6OS. The minimum atomic E-state index is 0.0125. The summed E-state index contributed by atoms with van der Waals surface area (Å²) < 4.78 is 0. The summed E-state index contributed by atoms with van der Waals surface area (Å²) in [6.07, 6.45) is 0.892. The van der Waals surface area contributed by atoms with Gasteiger partial charge in [0.2, 0.25) is 17.8 Å². The highest BCUT2D eigenvalue weighted by molar-refractivity contribution is 7.99. The summed E-state index contributed by atoms with van der Waals surface area (Å²) in [6, 6.07) is 17.5. The van der Waals surface area contributed by atoms with Gasteiger partial charge < -0.3 is 16.0 Å². The number of aromatic nitrogens is 3. The largest absolute Gasteiger partial charge is 0.368 e. The van der Waals surface area contributed by atoms with Gasteiger partial charge in [0.05, 0.1) is 11.5 Å². The van der Waals surface area contributed by atoms with E-state index in [1.54, 1.807) is 11.9 Å². The van der Waals surface area contributed by atoms with E-state index in [2.05, 4.69) is 33.3 Å². The SMILES string of the molecule is CCc1ccccc1Nc1nc(N)nc(CSCC(=O)N(C)c2ccccc2)n1. The van der Waals surface area contributed by atoms with E-state index in [1.807, 2.05) is 48.5 Å². The smallest absolute Gasteiger partial charge is 0.236 e. The van der Waals surface area contributed by atoms with Gasteiger partial charge in [-0.25, -0.2) is 0 Å². The average Bonchev–Trinajstić information content (AvgIpc) is 2.73. The van der Waals surface area contributed by atoms with E-state index in [0.29, 0.717) is 23.3 Å². The molecule has 1 aromatic heterocycles. The number of nitrogen functional groups attached to an aromatic ring is 1. The van der Waals surface area contributed by atoms with Crippen LogP contribution in [0.1, 0.15) is 18.3 Å². The normalized spacial score (nSPS) is 10.6. The Morgan fingerprint density at radius 3 is 2.55 bits per heavy atom. The first-order valence-electron chi connectivity index (χ1n) is 9.31. The molecule has 0 unspecified atom stereocenters. The monoisotopic (exact) mass is 408 g/mol. The van der Waals surface area contributed by atoms with Gasteiger partial charge >= 0.3 is 0 Å². The lowest BCUT2D eigenvalue weighted by molar-refractivity contribution is -0.115. The summed E-state index contributed by atoms with van der Waals surface area (Å²) in [6.45, 7) is 2.09. The number of benzene rings is 2. The predicted octanol–water partition coefficient (Wildman–Crippen LogP) is 3.66. The van der Waals surface area contributed by atoms with E-state index in [0.717, 1.165) is 23.4 Å². The number of hydrogen-bond acceptors (Lipinski definition) is 7.